The fraction of sp³-hybridized carbons (Fsp3) is 0.667. The molecule has 5 nitrogen and oxygen atoms in total. The van der Waals surface area contributed by atoms with E-state index in [0.29, 0.717) is 18.8 Å². The highest BCUT2D eigenvalue weighted by Gasteiger charge is 2.42. The molecule has 1 aromatic rings. The maximum atomic E-state index is 11.8. The Bertz CT molecular complexity index is 532. The van der Waals surface area contributed by atoms with E-state index in [1.807, 2.05) is 0 Å². The number of aliphatic carboxylic acids is 1. The Hall–Kier alpha value is -1.65. The van der Waals surface area contributed by atoms with Crippen molar-refractivity contribution in [2.24, 2.45) is 5.92 Å². The van der Waals surface area contributed by atoms with E-state index in [1.54, 1.807) is 6.33 Å². The molecule has 1 fully saturated rings. The molecule has 2 N–H and O–H groups in total. The maximum Gasteiger partial charge on any atom is 0.329 e. The molecular formula is C15H21N3O2. The van der Waals surface area contributed by atoms with Crippen LogP contribution in [0.1, 0.15) is 50.3 Å². The van der Waals surface area contributed by atoms with E-state index in [0.717, 1.165) is 49.2 Å². The third-order valence-electron chi connectivity index (χ3n) is 4.64. The third-order valence-corrected chi connectivity index (χ3v) is 4.64. The summed E-state index contributed by atoms with van der Waals surface area (Å²) < 4.78 is 0. The van der Waals surface area contributed by atoms with Crippen molar-refractivity contribution in [2.75, 3.05) is 5.32 Å². The Morgan fingerprint density at radius 3 is 3.00 bits per heavy atom. The summed E-state index contributed by atoms with van der Waals surface area (Å²) in [6.45, 7) is 2.13. The van der Waals surface area contributed by atoms with Crippen LogP contribution in [-0.2, 0) is 17.6 Å². The van der Waals surface area contributed by atoms with Gasteiger partial charge >= 0.3 is 5.97 Å². The van der Waals surface area contributed by atoms with Gasteiger partial charge in [-0.3, -0.25) is 0 Å². The molecule has 1 saturated carbocycles. The number of hydrogen-bond donors (Lipinski definition) is 2. The van der Waals surface area contributed by atoms with Gasteiger partial charge in [-0.2, -0.15) is 0 Å². The highest BCUT2D eigenvalue weighted by atomic mass is 16.4. The summed E-state index contributed by atoms with van der Waals surface area (Å²) in [4.78, 5) is 20.4. The molecule has 3 rings (SSSR count). The summed E-state index contributed by atoms with van der Waals surface area (Å²) in [5.74, 6) is 0.417. The van der Waals surface area contributed by atoms with Crippen molar-refractivity contribution in [2.45, 2.75) is 57.4 Å². The smallest absolute Gasteiger partial charge is 0.329 e. The van der Waals surface area contributed by atoms with Crippen molar-refractivity contribution in [1.82, 2.24) is 9.97 Å². The molecule has 2 aliphatic carbocycles. The quantitative estimate of drug-likeness (QED) is 0.886. The third kappa shape index (κ3) is 2.25. The summed E-state index contributed by atoms with van der Waals surface area (Å²) in [7, 11) is 0. The number of carboxylic acid groups (broad SMARTS) is 1. The fourth-order valence-corrected chi connectivity index (χ4v) is 3.61. The zero-order valence-corrected chi connectivity index (χ0v) is 11.9. The number of carbonyl (C=O) groups is 1. The summed E-state index contributed by atoms with van der Waals surface area (Å²) in [6.07, 6.45) is 7.96. The average Bonchev–Trinajstić information content (AvgIpc) is 2.88. The number of nitrogens with one attached hydrogen (secondary N) is 1. The molecule has 0 amide bonds. The minimum absolute atomic E-state index is 0.433. The van der Waals surface area contributed by atoms with Gasteiger partial charge in [0.15, 0.2) is 0 Å². The highest BCUT2D eigenvalue weighted by molar-refractivity contribution is 5.83. The number of nitrogens with zero attached hydrogens (tertiary/aromatic N) is 2. The standard InChI is InChI=1S/C15H21N3O2/c1-10-4-3-7-15(8-10,14(19)20)18-13-11-5-2-6-12(11)16-9-17-13/h9-10H,2-8H2,1H3,(H,19,20)(H,16,17,18). The van der Waals surface area contributed by atoms with Crippen LogP contribution in [-0.4, -0.2) is 26.6 Å². The van der Waals surface area contributed by atoms with Gasteiger partial charge in [0.1, 0.15) is 17.7 Å². The summed E-state index contributed by atoms with van der Waals surface area (Å²) in [5.41, 5.74) is 1.33. The molecule has 0 spiro atoms. The van der Waals surface area contributed by atoms with Crippen molar-refractivity contribution >= 4 is 11.8 Å². The molecule has 2 atom stereocenters. The first-order valence-electron chi connectivity index (χ1n) is 7.45. The van der Waals surface area contributed by atoms with E-state index < -0.39 is 11.5 Å². The molecule has 5 heteroatoms. The topological polar surface area (TPSA) is 75.1 Å². The Balaban J connectivity index is 1.91. The van der Waals surface area contributed by atoms with Crippen LogP contribution in [0.5, 0.6) is 0 Å². The lowest BCUT2D eigenvalue weighted by Gasteiger charge is -2.37. The van der Waals surface area contributed by atoms with E-state index in [4.69, 9.17) is 0 Å². The molecule has 0 saturated heterocycles. The van der Waals surface area contributed by atoms with Gasteiger partial charge in [-0.15, -0.1) is 0 Å². The van der Waals surface area contributed by atoms with Gasteiger partial charge in [-0.1, -0.05) is 19.8 Å². The molecule has 0 aliphatic heterocycles. The first-order chi connectivity index (χ1) is 9.61. The monoisotopic (exact) mass is 275 g/mol. The lowest BCUT2D eigenvalue weighted by Crippen LogP contribution is -2.50. The van der Waals surface area contributed by atoms with Gasteiger partial charge in [0, 0.05) is 11.3 Å². The van der Waals surface area contributed by atoms with Gasteiger partial charge in [0.05, 0.1) is 0 Å². The van der Waals surface area contributed by atoms with Crippen LogP contribution in [0.25, 0.3) is 0 Å². The number of hydrogen-bond acceptors (Lipinski definition) is 4. The van der Waals surface area contributed by atoms with Crippen molar-refractivity contribution in [3.8, 4) is 0 Å². The van der Waals surface area contributed by atoms with E-state index in [2.05, 4.69) is 22.2 Å². The van der Waals surface area contributed by atoms with E-state index in [9.17, 15) is 9.90 Å². The van der Waals surface area contributed by atoms with Gasteiger partial charge < -0.3 is 10.4 Å². The zero-order valence-electron chi connectivity index (χ0n) is 11.9. The van der Waals surface area contributed by atoms with Crippen LogP contribution in [0, 0.1) is 5.92 Å². The molecule has 1 aromatic heterocycles. The molecule has 1 heterocycles. The molecule has 2 aliphatic rings. The van der Waals surface area contributed by atoms with Crippen LogP contribution in [0.2, 0.25) is 0 Å². The highest BCUT2D eigenvalue weighted by Crippen LogP contribution is 2.36. The number of carboxylic acids is 1. The average molecular weight is 275 g/mol. The Morgan fingerprint density at radius 2 is 2.25 bits per heavy atom. The summed E-state index contributed by atoms with van der Waals surface area (Å²) in [5, 5.41) is 13.0. The van der Waals surface area contributed by atoms with E-state index >= 15 is 0 Å². The number of rotatable bonds is 3. The van der Waals surface area contributed by atoms with E-state index in [-0.39, 0.29) is 0 Å². The molecule has 2 unspecified atom stereocenters. The molecule has 108 valence electrons. The minimum atomic E-state index is -0.859. The Kier molecular flexibility index (Phi) is 3.36. The SMILES string of the molecule is CC1CCCC(Nc2ncnc3c2CCC3)(C(=O)O)C1. The van der Waals surface area contributed by atoms with Crippen LogP contribution in [0.3, 0.4) is 0 Å². The lowest BCUT2D eigenvalue weighted by molar-refractivity contribution is -0.144. The molecule has 0 aromatic carbocycles. The van der Waals surface area contributed by atoms with Crippen molar-refractivity contribution < 1.29 is 9.90 Å². The molecule has 0 radical (unpaired) electrons. The predicted molar refractivity (Wildman–Crippen MR) is 75.7 cm³/mol. The van der Waals surface area contributed by atoms with E-state index in [1.165, 1.54) is 0 Å². The molecule has 0 bridgehead atoms. The first kappa shape index (κ1) is 13.3. The summed E-state index contributed by atoms with van der Waals surface area (Å²) in [6, 6.07) is 0. The van der Waals surface area contributed by atoms with Gasteiger partial charge in [-0.05, 0) is 38.0 Å². The second kappa shape index (κ2) is 5.04. The molecular weight excluding hydrogens is 254 g/mol. The Labute approximate surface area is 118 Å². The van der Waals surface area contributed by atoms with Gasteiger partial charge in [0.2, 0.25) is 0 Å². The second-order valence-electron chi connectivity index (χ2n) is 6.21. The lowest BCUT2D eigenvalue weighted by atomic mass is 9.76. The van der Waals surface area contributed by atoms with Gasteiger partial charge in [0.25, 0.3) is 0 Å². The number of fused-ring (bicyclic) bond motifs is 1. The largest absolute Gasteiger partial charge is 0.480 e. The normalized spacial score (nSPS) is 28.9. The number of aryl methyl sites for hydroxylation is 1. The fourth-order valence-electron chi connectivity index (χ4n) is 3.61. The first-order valence-corrected chi connectivity index (χ1v) is 7.45. The maximum absolute atomic E-state index is 11.8. The number of anilines is 1. The van der Waals surface area contributed by atoms with Crippen molar-refractivity contribution in [1.29, 1.82) is 0 Å². The van der Waals surface area contributed by atoms with Crippen LogP contribution in [0.4, 0.5) is 5.82 Å². The minimum Gasteiger partial charge on any atom is -0.480 e. The Morgan fingerprint density at radius 1 is 1.40 bits per heavy atom. The van der Waals surface area contributed by atoms with Crippen molar-refractivity contribution in [3.05, 3.63) is 17.6 Å². The van der Waals surface area contributed by atoms with Crippen LogP contribution < -0.4 is 5.32 Å². The number of aromatic nitrogens is 2. The van der Waals surface area contributed by atoms with Crippen LogP contribution >= 0.6 is 0 Å². The van der Waals surface area contributed by atoms with Gasteiger partial charge in [-0.25, -0.2) is 14.8 Å². The zero-order chi connectivity index (χ0) is 14.2. The summed E-state index contributed by atoms with van der Waals surface area (Å²) >= 11 is 0. The van der Waals surface area contributed by atoms with Crippen molar-refractivity contribution in [3.63, 3.8) is 0 Å². The second-order valence-corrected chi connectivity index (χ2v) is 6.21. The predicted octanol–water partition coefficient (Wildman–Crippen LogP) is 2.41. The van der Waals surface area contributed by atoms with Crippen LogP contribution in [0.15, 0.2) is 6.33 Å². The molecule has 20 heavy (non-hydrogen) atoms.